The third kappa shape index (κ3) is 4.19. The Balaban J connectivity index is 2.09. The van der Waals surface area contributed by atoms with Gasteiger partial charge in [-0.15, -0.1) is 0 Å². The van der Waals surface area contributed by atoms with Crippen molar-refractivity contribution in [2.75, 3.05) is 13.7 Å². The first-order chi connectivity index (χ1) is 14.0. The Morgan fingerprint density at radius 3 is 2.28 bits per heavy atom. The maximum Gasteiger partial charge on any atom is 0.295 e. The van der Waals surface area contributed by atoms with Crippen LogP contribution in [0.15, 0.2) is 54.1 Å². The van der Waals surface area contributed by atoms with E-state index in [0.29, 0.717) is 17.9 Å². The lowest BCUT2D eigenvalue weighted by Gasteiger charge is -2.25. The molecule has 0 spiro atoms. The molecule has 29 heavy (non-hydrogen) atoms. The van der Waals surface area contributed by atoms with Crippen molar-refractivity contribution >= 4 is 17.4 Å². The van der Waals surface area contributed by atoms with Crippen LogP contribution >= 0.6 is 0 Å². The SMILES string of the molecule is CCCCCN1C(=O)C(=O)/C(=C(\O)c2ccc(C)cc2)C1c1ccc(OC)cc1. The Labute approximate surface area is 171 Å². The highest BCUT2D eigenvalue weighted by Crippen LogP contribution is 2.40. The number of hydrogen-bond donors (Lipinski definition) is 1. The molecule has 1 aliphatic heterocycles. The summed E-state index contributed by atoms with van der Waals surface area (Å²) >= 11 is 0. The Bertz CT molecular complexity index is 913. The van der Waals surface area contributed by atoms with Crippen LogP contribution in [0.25, 0.3) is 5.76 Å². The topological polar surface area (TPSA) is 66.8 Å². The first kappa shape index (κ1) is 20.6. The molecule has 152 valence electrons. The van der Waals surface area contributed by atoms with Crippen LogP contribution in [0.2, 0.25) is 0 Å². The minimum absolute atomic E-state index is 0.137. The molecule has 3 rings (SSSR count). The molecular weight excluding hydrogens is 366 g/mol. The maximum atomic E-state index is 12.9. The van der Waals surface area contributed by atoms with Crippen LogP contribution in [-0.4, -0.2) is 35.4 Å². The fraction of sp³-hybridized carbons (Fsp3) is 0.333. The molecule has 0 radical (unpaired) electrons. The van der Waals surface area contributed by atoms with Crippen molar-refractivity contribution < 1.29 is 19.4 Å². The first-order valence-electron chi connectivity index (χ1n) is 9.97. The summed E-state index contributed by atoms with van der Waals surface area (Å²) in [6.07, 6.45) is 2.79. The van der Waals surface area contributed by atoms with E-state index in [2.05, 4.69) is 6.92 Å². The lowest BCUT2D eigenvalue weighted by atomic mass is 9.95. The van der Waals surface area contributed by atoms with E-state index in [0.717, 1.165) is 30.4 Å². The number of unbranched alkanes of at least 4 members (excludes halogenated alkanes) is 2. The third-order valence-electron chi connectivity index (χ3n) is 5.30. The number of likely N-dealkylation sites (tertiary alicyclic amines) is 1. The van der Waals surface area contributed by atoms with Crippen LogP contribution in [0.4, 0.5) is 0 Å². The van der Waals surface area contributed by atoms with Crippen molar-refractivity contribution in [1.29, 1.82) is 0 Å². The normalized spacial score (nSPS) is 18.3. The van der Waals surface area contributed by atoms with Crippen molar-refractivity contribution in [2.45, 2.75) is 39.2 Å². The Hall–Kier alpha value is -3.08. The Kier molecular flexibility index (Phi) is 6.37. The van der Waals surface area contributed by atoms with E-state index in [1.807, 2.05) is 31.2 Å². The summed E-state index contributed by atoms with van der Waals surface area (Å²) in [6, 6.07) is 13.9. The number of Topliss-reactive ketones (excluding diaryl/α,β-unsaturated/α-hetero) is 1. The van der Waals surface area contributed by atoms with E-state index < -0.39 is 17.7 Å². The second kappa shape index (κ2) is 8.95. The number of ketones is 1. The molecule has 1 aliphatic rings. The van der Waals surface area contributed by atoms with Crippen molar-refractivity contribution in [3.63, 3.8) is 0 Å². The smallest absolute Gasteiger partial charge is 0.295 e. The first-order valence-corrected chi connectivity index (χ1v) is 9.97. The number of aryl methyl sites for hydroxylation is 1. The number of aliphatic hydroxyl groups excluding tert-OH is 1. The van der Waals surface area contributed by atoms with Crippen LogP contribution in [0.5, 0.6) is 5.75 Å². The monoisotopic (exact) mass is 393 g/mol. The molecule has 1 N–H and O–H groups in total. The van der Waals surface area contributed by atoms with E-state index >= 15 is 0 Å². The van der Waals surface area contributed by atoms with Gasteiger partial charge in [0, 0.05) is 12.1 Å². The van der Waals surface area contributed by atoms with Gasteiger partial charge in [-0.3, -0.25) is 9.59 Å². The number of carbonyl (C=O) groups is 2. The number of amides is 1. The standard InChI is InChI=1S/C24H27NO4/c1-4-5-6-15-25-21(17-11-13-19(29-3)14-12-17)20(23(27)24(25)28)22(26)18-9-7-16(2)8-10-18/h7-14,21,26H,4-6,15H2,1-3H3/b22-20-. The molecule has 0 aliphatic carbocycles. The second-order valence-electron chi connectivity index (χ2n) is 7.34. The average molecular weight is 393 g/mol. The predicted molar refractivity (Wildman–Crippen MR) is 113 cm³/mol. The summed E-state index contributed by atoms with van der Waals surface area (Å²) in [4.78, 5) is 27.3. The van der Waals surface area contributed by atoms with Gasteiger partial charge in [-0.25, -0.2) is 0 Å². The zero-order chi connectivity index (χ0) is 21.0. The van der Waals surface area contributed by atoms with Crippen molar-refractivity contribution in [2.24, 2.45) is 0 Å². The summed E-state index contributed by atoms with van der Waals surface area (Å²) in [7, 11) is 1.59. The lowest BCUT2D eigenvalue weighted by Crippen LogP contribution is -2.30. The van der Waals surface area contributed by atoms with Gasteiger partial charge in [0.1, 0.15) is 11.5 Å². The molecule has 0 bridgehead atoms. The minimum atomic E-state index is -0.639. The predicted octanol–water partition coefficient (Wildman–Crippen LogP) is 4.62. The number of rotatable bonds is 7. The zero-order valence-electron chi connectivity index (χ0n) is 17.1. The number of carbonyl (C=O) groups excluding carboxylic acids is 2. The largest absolute Gasteiger partial charge is 0.507 e. The van der Waals surface area contributed by atoms with Crippen molar-refractivity contribution in [3.8, 4) is 5.75 Å². The number of ether oxygens (including phenoxy) is 1. The number of benzene rings is 2. The van der Waals surface area contributed by atoms with Gasteiger partial charge in [-0.2, -0.15) is 0 Å². The number of nitrogens with zero attached hydrogens (tertiary/aromatic N) is 1. The maximum absolute atomic E-state index is 12.9. The van der Waals surface area contributed by atoms with E-state index in [1.165, 1.54) is 0 Å². The second-order valence-corrected chi connectivity index (χ2v) is 7.34. The van der Waals surface area contributed by atoms with E-state index in [-0.39, 0.29) is 11.3 Å². The number of methoxy groups -OCH3 is 1. The molecule has 1 amide bonds. The summed E-state index contributed by atoms with van der Waals surface area (Å²) in [6.45, 7) is 4.51. The molecule has 0 aromatic heterocycles. The molecule has 0 saturated carbocycles. The molecule has 2 aromatic carbocycles. The summed E-state index contributed by atoms with van der Waals surface area (Å²) in [5, 5.41) is 11.0. The van der Waals surface area contributed by atoms with Crippen molar-refractivity contribution in [3.05, 3.63) is 70.8 Å². The van der Waals surface area contributed by atoms with Crippen molar-refractivity contribution in [1.82, 2.24) is 4.90 Å². The fourth-order valence-corrected chi connectivity index (χ4v) is 3.64. The highest BCUT2D eigenvalue weighted by atomic mass is 16.5. The molecule has 1 saturated heterocycles. The molecule has 2 aromatic rings. The fourth-order valence-electron chi connectivity index (χ4n) is 3.64. The molecular formula is C24H27NO4. The number of hydrogen-bond acceptors (Lipinski definition) is 4. The van der Waals surface area contributed by atoms with Gasteiger partial charge in [0.2, 0.25) is 0 Å². The van der Waals surface area contributed by atoms with E-state index in [1.54, 1.807) is 36.3 Å². The molecule has 1 unspecified atom stereocenters. The zero-order valence-corrected chi connectivity index (χ0v) is 17.1. The third-order valence-corrected chi connectivity index (χ3v) is 5.30. The van der Waals surface area contributed by atoms with Crippen LogP contribution in [-0.2, 0) is 9.59 Å². The number of aliphatic hydroxyl groups is 1. The Morgan fingerprint density at radius 2 is 1.69 bits per heavy atom. The van der Waals surface area contributed by atoms with E-state index in [9.17, 15) is 14.7 Å². The van der Waals surface area contributed by atoms with Crippen LogP contribution in [0, 0.1) is 6.92 Å². The van der Waals surface area contributed by atoms with Gasteiger partial charge < -0.3 is 14.7 Å². The van der Waals surface area contributed by atoms with Gasteiger partial charge in [0.15, 0.2) is 0 Å². The van der Waals surface area contributed by atoms with Gasteiger partial charge in [-0.1, -0.05) is 61.7 Å². The van der Waals surface area contributed by atoms with Gasteiger partial charge in [0.25, 0.3) is 11.7 Å². The van der Waals surface area contributed by atoms with Crippen LogP contribution in [0.1, 0.15) is 48.9 Å². The van der Waals surface area contributed by atoms with Gasteiger partial charge in [0.05, 0.1) is 18.7 Å². The molecule has 5 heteroatoms. The molecule has 1 atom stereocenters. The Morgan fingerprint density at radius 1 is 1.03 bits per heavy atom. The summed E-state index contributed by atoms with van der Waals surface area (Å²) < 4.78 is 5.23. The molecule has 1 heterocycles. The molecule has 5 nitrogen and oxygen atoms in total. The van der Waals surface area contributed by atoms with Crippen LogP contribution < -0.4 is 4.74 Å². The quantitative estimate of drug-likeness (QED) is 0.323. The minimum Gasteiger partial charge on any atom is -0.507 e. The summed E-state index contributed by atoms with van der Waals surface area (Å²) in [5.41, 5.74) is 2.49. The summed E-state index contributed by atoms with van der Waals surface area (Å²) in [5.74, 6) is -0.645. The lowest BCUT2D eigenvalue weighted by molar-refractivity contribution is -0.139. The van der Waals surface area contributed by atoms with Gasteiger partial charge >= 0.3 is 0 Å². The highest BCUT2D eigenvalue weighted by molar-refractivity contribution is 6.46. The molecule has 1 fully saturated rings. The van der Waals surface area contributed by atoms with Crippen LogP contribution in [0.3, 0.4) is 0 Å². The highest BCUT2D eigenvalue weighted by Gasteiger charge is 2.45. The van der Waals surface area contributed by atoms with E-state index in [4.69, 9.17) is 4.74 Å². The van der Waals surface area contributed by atoms with Gasteiger partial charge in [-0.05, 0) is 31.0 Å². The average Bonchev–Trinajstić information content (AvgIpc) is 2.99.